The maximum atomic E-state index is 13.0. The molecule has 3 heterocycles. The summed E-state index contributed by atoms with van der Waals surface area (Å²) in [5.41, 5.74) is 2.72. The summed E-state index contributed by atoms with van der Waals surface area (Å²) in [5.74, 6) is 0.709. The molecule has 2 amide bonds. The number of carbonyl (C=O) groups is 1. The van der Waals surface area contributed by atoms with E-state index in [0.29, 0.717) is 17.0 Å². The van der Waals surface area contributed by atoms with E-state index in [1.165, 1.54) is 23.9 Å². The Morgan fingerprint density at radius 3 is 2.53 bits per heavy atom. The van der Waals surface area contributed by atoms with Crippen molar-refractivity contribution in [3.8, 4) is 11.1 Å². The van der Waals surface area contributed by atoms with E-state index in [1.807, 2.05) is 26.0 Å². The highest BCUT2D eigenvalue weighted by Gasteiger charge is 2.31. The van der Waals surface area contributed by atoms with Crippen LogP contribution in [0.25, 0.3) is 11.1 Å². The Bertz CT molecular complexity index is 1310. The lowest BCUT2D eigenvalue weighted by atomic mass is 10.1. The zero-order valence-corrected chi connectivity index (χ0v) is 18.4. The summed E-state index contributed by atoms with van der Waals surface area (Å²) in [4.78, 5) is 16.6. The van der Waals surface area contributed by atoms with Crippen molar-refractivity contribution >= 4 is 17.6 Å². The van der Waals surface area contributed by atoms with Crippen LogP contribution in [0.4, 0.5) is 29.5 Å². The first-order chi connectivity index (χ1) is 16.1. The summed E-state index contributed by atoms with van der Waals surface area (Å²) in [7, 11) is 0. The van der Waals surface area contributed by atoms with Crippen LogP contribution in [-0.2, 0) is 12.7 Å². The highest BCUT2D eigenvalue weighted by Crippen LogP contribution is 2.32. The number of amides is 2. The number of nitrogens with one attached hydrogen (secondary N) is 2. The summed E-state index contributed by atoms with van der Waals surface area (Å²) in [5, 5.41) is 12.5. The van der Waals surface area contributed by atoms with E-state index in [4.69, 9.17) is 9.05 Å². The largest absolute Gasteiger partial charge is 0.416 e. The minimum Gasteiger partial charge on any atom is -0.361 e. The predicted octanol–water partition coefficient (Wildman–Crippen LogP) is 4.65. The number of rotatable bonds is 5. The molecule has 0 saturated heterocycles. The van der Waals surface area contributed by atoms with Crippen LogP contribution in [0.5, 0.6) is 0 Å². The number of aromatic nitrogens is 4. The Morgan fingerprint density at radius 2 is 1.88 bits per heavy atom. The molecule has 0 spiro atoms. The summed E-state index contributed by atoms with van der Waals surface area (Å²) >= 11 is 0. The van der Waals surface area contributed by atoms with Gasteiger partial charge < -0.3 is 9.84 Å². The quantitative estimate of drug-likeness (QED) is 0.409. The van der Waals surface area contributed by atoms with Crippen molar-refractivity contribution in [1.82, 2.24) is 15.4 Å². The molecule has 2 N–H and O–H groups in total. The molecule has 0 aliphatic heterocycles. The van der Waals surface area contributed by atoms with Crippen molar-refractivity contribution < 1.29 is 31.7 Å². The number of anilines is 2. The predicted molar refractivity (Wildman–Crippen MR) is 114 cm³/mol. The Kier molecular flexibility index (Phi) is 6.05. The number of halogens is 3. The van der Waals surface area contributed by atoms with Crippen molar-refractivity contribution in [2.45, 2.75) is 33.5 Å². The van der Waals surface area contributed by atoms with Crippen LogP contribution in [0.2, 0.25) is 0 Å². The minimum atomic E-state index is -4.52. The SMILES string of the molecule is Cc1cc(NC(=O)Nc2c[n+](Cc3ccc(-c4c(C)noc4C)cn3)no2)cc(C(F)(F)F)c1. The van der Waals surface area contributed by atoms with E-state index >= 15 is 0 Å². The number of aryl methyl sites for hydroxylation is 3. The summed E-state index contributed by atoms with van der Waals surface area (Å²) in [6.45, 7) is 5.45. The average Bonchev–Trinajstić information content (AvgIpc) is 3.33. The molecule has 4 rings (SSSR count). The average molecular weight is 473 g/mol. The topological polar surface area (TPSA) is 110 Å². The van der Waals surface area contributed by atoms with Gasteiger partial charge >= 0.3 is 18.1 Å². The van der Waals surface area contributed by atoms with Gasteiger partial charge in [0, 0.05) is 23.0 Å². The Labute approximate surface area is 191 Å². The van der Waals surface area contributed by atoms with Gasteiger partial charge in [0.1, 0.15) is 11.5 Å². The number of hydrogen-bond donors (Lipinski definition) is 2. The Balaban J connectivity index is 1.38. The maximum Gasteiger partial charge on any atom is 0.416 e. The molecule has 0 radical (unpaired) electrons. The zero-order valence-electron chi connectivity index (χ0n) is 18.4. The molecule has 34 heavy (non-hydrogen) atoms. The van der Waals surface area contributed by atoms with E-state index in [2.05, 4.69) is 26.0 Å². The smallest absolute Gasteiger partial charge is 0.361 e. The molecule has 12 heteroatoms. The van der Waals surface area contributed by atoms with Gasteiger partial charge in [-0.2, -0.15) is 13.2 Å². The van der Waals surface area contributed by atoms with Crippen molar-refractivity contribution in [3.05, 3.63) is 71.0 Å². The van der Waals surface area contributed by atoms with Gasteiger partial charge in [-0.1, -0.05) is 11.2 Å². The van der Waals surface area contributed by atoms with E-state index in [1.54, 1.807) is 6.20 Å². The lowest BCUT2D eigenvalue weighted by molar-refractivity contribution is -0.755. The van der Waals surface area contributed by atoms with Gasteiger partial charge in [0.2, 0.25) is 11.8 Å². The van der Waals surface area contributed by atoms with Gasteiger partial charge in [-0.05, 0) is 55.3 Å². The molecule has 0 unspecified atom stereocenters. The molecule has 0 bridgehead atoms. The van der Waals surface area contributed by atoms with E-state index in [9.17, 15) is 18.0 Å². The van der Waals surface area contributed by atoms with Crippen LogP contribution in [0.3, 0.4) is 0 Å². The fraction of sp³-hybridized carbons (Fsp3) is 0.227. The normalized spacial score (nSPS) is 11.5. The van der Waals surface area contributed by atoms with Gasteiger partial charge in [-0.3, -0.25) is 14.8 Å². The molecule has 4 aromatic rings. The van der Waals surface area contributed by atoms with Gasteiger partial charge in [0.25, 0.3) is 6.20 Å². The molecule has 0 fully saturated rings. The van der Waals surface area contributed by atoms with Crippen LogP contribution in [0.15, 0.2) is 51.8 Å². The van der Waals surface area contributed by atoms with Crippen molar-refractivity contribution in [3.63, 3.8) is 0 Å². The number of hydrogen-bond acceptors (Lipinski definition) is 6. The lowest BCUT2D eigenvalue weighted by Crippen LogP contribution is -2.35. The first-order valence-corrected chi connectivity index (χ1v) is 10.1. The third-order valence-corrected chi connectivity index (χ3v) is 4.88. The third-order valence-electron chi connectivity index (χ3n) is 4.88. The molecule has 0 atom stereocenters. The van der Waals surface area contributed by atoms with Gasteiger partial charge in [-0.25, -0.2) is 4.79 Å². The molecule has 0 aliphatic rings. The molecule has 0 saturated carbocycles. The van der Waals surface area contributed by atoms with Crippen LogP contribution in [0.1, 0.15) is 28.3 Å². The summed E-state index contributed by atoms with van der Waals surface area (Å²) < 4.78 is 50.6. The molecule has 9 nitrogen and oxygen atoms in total. The Hall–Kier alpha value is -4.22. The third kappa shape index (κ3) is 5.22. The molecule has 1 aromatic carbocycles. The van der Waals surface area contributed by atoms with E-state index in [-0.39, 0.29) is 18.1 Å². The monoisotopic (exact) mass is 473 g/mol. The minimum absolute atomic E-state index is 0.000183. The van der Waals surface area contributed by atoms with Crippen LogP contribution in [-0.4, -0.2) is 21.4 Å². The van der Waals surface area contributed by atoms with Crippen molar-refractivity contribution in [2.24, 2.45) is 0 Å². The number of carbonyl (C=O) groups excluding carboxylic acids is 1. The fourth-order valence-corrected chi connectivity index (χ4v) is 3.43. The van der Waals surface area contributed by atoms with E-state index < -0.39 is 17.8 Å². The summed E-state index contributed by atoms with van der Waals surface area (Å²) in [6, 6.07) is 6.21. The standard InChI is InChI=1S/C22H19F3N6O3/c1-12-6-16(22(23,24)25)8-18(7-12)27-21(32)28-19-11-31(30-34-19)10-17-5-4-15(9-26-17)20-13(2)29-33-14(20)3/h4-9,11H,10H2,1-3H3,(H-,27,28,30,32)/p+1. The number of nitrogens with zero attached hydrogens (tertiary/aromatic N) is 4. The second-order valence-corrected chi connectivity index (χ2v) is 7.67. The first kappa shape index (κ1) is 23.0. The highest BCUT2D eigenvalue weighted by atomic mass is 19.4. The fourth-order valence-electron chi connectivity index (χ4n) is 3.43. The van der Waals surface area contributed by atoms with Crippen LogP contribution < -0.4 is 15.3 Å². The number of alkyl halides is 3. The molecule has 3 aromatic heterocycles. The van der Waals surface area contributed by atoms with Crippen molar-refractivity contribution in [1.29, 1.82) is 0 Å². The second kappa shape index (κ2) is 8.96. The summed E-state index contributed by atoms with van der Waals surface area (Å²) in [6.07, 6.45) is -1.39. The van der Waals surface area contributed by atoms with E-state index in [0.717, 1.165) is 29.0 Å². The van der Waals surface area contributed by atoms with Gasteiger partial charge in [-0.15, -0.1) is 0 Å². The zero-order chi connectivity index (χ0) is 24.5. The maximum absolute atomic E-state index is 13.0. The number of benzene rings is 1. The van der Waals surface area contributed by atoms with Crippen molar-refractivity contribution in [2.75, 3.05) is 10.6 Å². The second-order valence-electron chi connectivity index (χ2n) is 7.67. The first-order valence-electron chi connectivity index (χ1n) is 10.1. The highest BCUT2D eigenvalue weighted by molar-refractivity contribution is 5.98. The Morgan fingerprint density at radius 1 is 1.09 bits per heavy atom. The van der Waals surface area contributed by atoms with Crippen LogP contribution >= 0.6 is 0 Å². The number of urea groups is 1. The van der Waals surface area contributed by atoms with Gasteiger partial charge in [0.05, 0.1) is 11.3 Å². The van der Waals surface area contributed by atoms with Crippen LogP contribution in [0, 0.1) is 20.8 Å². The molecule has 176 valence electrons. The number of pyridine rings is 1. The lowest BCUT2D eigenvalue weighted by Gasteiger charge is -2.11. The molecular weight excluding hydrogens is 453 g/mol. The molecular formula is C22H20F3N6O3+. The molecule has 0 aliphatic carbocycles. The van der Waals surface area contributed by atoms with Gasteiger partial charge in [0.15, 0.2) is 0 Å².